The molecule has 2 unspecified atom stereocenters. The van der Waals surface area contributed by atoms with Gasteiger partial charge in [-0.15, -0.1) is 0 Å². The summed E-state index contributed by atoms with van der Waals surface area (Å²) in [6.45, 7) is 1.80. The molecule has 0 bridgehead atoms. The number of aliphatic hydroxyl groups is 1. The summed E-state index contributed by atoms with van der Waals surface area (Å²) in [4.78, 5) is 0. The van der Waals surface area contributed by atoms with E-state index in [2.05, 4.69) is 17.2 Å². The van der Waals surface area contributed by atoms with Crippen molar-refractivity contribution >= 4 is 16.7 Å². The summed E-state index contributed by atoms with van der Waals surface area (Å²) in [6.07, 6.45) is 0.175. The second kappa shape index (κ2) is 5.58. The highest BCUT2D eigenvalue weighted by atomic mass is 16.3. The van der Waals surface area contributed by atoms with Crippen LogP contribution in [0.2, 0.25) is 0 Å². The predicted molar refractivity (Wildman–Crippen MR) is 85.0 cm³/mol. The van der Waals surface area contributed by atoms with Gasteiger partial charge >= 0.3 is 0 Å². The molecule has 0 saturated heterocycles. The number of hydrogen-bond acceptors (Lipinski definition) is 3. The van der Waals surface area contributed by atoms with Crippen LogP contribution in [0.25, 0.3) is 10.9 Å². The molecule has 0 fully saturated rings. The first kappa shape index (κ1) is 13.6. The van der Waals surface area contributed by atoms with Gasteiger partial charge in [0.25, 0.3) is 0 Å². The van der Waals surface area contributed by atoms with Crippen LogP contribution in [-0.4, -0.2) is 21.0 Å². The summed E-state index contributed by atoms with van der Waals surface area (Å²) < 4.78 is 1.92. The summed E-state index contributed by atoms with van der Waals surface area (Å²) in [5.74, 6) is 0.525. The van der Waals surface area contributed by atoms with Crippen LogP contribution in [-0.2, 0) is 0 Å². The molecule has 0 saturated carbocycles. The molecule has 2 atom stereocenters. The molecule has 0 spiro atoms. The first-order chi connectivity index (χ1) is 10.2. The van der Waals surface area contributed by atoms with Crippen LogP contribution in [0.1, 0.15) is 24.9 Å². The summed E-state index contributed by atoms with van der Waals surface area (Å²) in [7, 11) is 0. The van der Waals surface area contributed by atoms with Crippen LogP contribution in [0, 0.1) is 0 Å². The number of benzene rings is 2. The van der Waals surface area contributed by atoms with Gasteiger partial charge in [0.15, 0.2) is 5.82 Å². The first-order valence-corrected chi connectivity index (χ1v) is 7.12. The number of aromatic nitrogens is 2. The molecule has 0 radical (unpaired) electrons. The number of para-hydroxylation sites is 1. The van der Waals surface area contributed by atoms with Gasteiger partial charge in [0.1, 0.15) is 0 Å². The molecular weight excluding hydrogens is 262 g/mol. The number of nitrogens with zero attached hydrogens (tertiary/aromatic N) is 2. The molecule has 0 aliphatic heterocycles. The van der Waals surface area contributed by atoms with E-state index in [4.69, 9.17) is 5.73 Å². The second-order valence-electron chi connectivity index (χ2n) is 5.36. The highest BCUT2D eigenvalue weighted by molar-refractivity contribution is 5.89. The Morgan fingerprint density at radius 3 is 2.48 bits per heavy atom. The van der Waals surface area contributed by atoms with E-state index in [1.54, 1.807) is 6.92 Å². The lowest BCUT2D eigenvalue weighted by Crippen LogP contribution is -2.17. The van der Waals surface area contributed by atoms with Crippen molar-refractivity contribution in [2.45, 2.75) is 25.5 Å². The lowest BCUT2D eigenvalue weighted by Gasteiger charge is -2.20. The van der Waals surface area contributed by atoms with Gasteiger partial charge < -0.3 is 10.8 Å². The number of aliphatic hydroxyl groups excluding tert-OH is 1. The summed E-state index contributed by atoms with van der Waals surface area (Å²) in [5, 5.41) is 15.3. The highest BCUT2D eigenvalue weighted by Gasteiger charge is 2.20. The fraction of sp³-hybridized carbons (Fsp3) is 0.235. The zero-order valence-electron chi connectivity index (χ0n) is 12.0. The Hall–Kier alpha value is -2.33. The minimum Gasteiger partial charge on any atom is -0.393 e. The zero-order valence-corrected chi connectivity index (χ0v) is 12.0. The van der Waals surface area contributed by atoms with Gasteiger partial charge in [-0.1, -0.05) is 42.5 Å². The fourth-order valence-electron chi connectivity index (χ4n) is 2.73. The highest BCUT2D eigenvalue weighted by Crippen LogP contribution is 2.29. The summed E-state index contributed by atoms with van der Waals surface area (Å²) in [6, 6.07) is 18.0. The minimum atomic E-state index is -0.417. The molecule has 21 heavy (non-hydrogen) atoms. The van der Waals surface area contributed by atoms with E-state index < -0.39 is 6.10 Å². The van der Waals surface area contributed by atoms with E-state index in [9.17, 15) is 5.11 Å². The third-order valence-corrected chi connectivity index (χ3v) is 3.69. The summed E-state index contributed by atoms with van der Waals surface area (Å²) in [5.41, 5.74) is 8.14. The Labute approximate surface area is 123 Å². The lowest BCUT2D eigenvalue weighted by atomic mass is 10.0. The van der Waals surface area contributed by atoms with Crippen molar-refractivity contribution in [3.8, 4) is 0 Å². The smallest absolute Gasteiger partial charge is 0.153 e. The van der Waals surface area contributed by atoms with Gasteiger partial charge in [0.2, 0.25) is 0 Å². The van der Waals surface area contributed by atoms with Crippen molar-refractivity contribution < 1.29 is 5.11 Å². The third-order valence-electron chi connectivity index (χ3n) is 3.69. The van der Waals surface area contributed by atoms with E-state index in [1.807, 2.05) is 47.1 Å². The van der Waals surface area contributed by atoms with Crippen molar-refractivity contribution in [2.75, 3.05) is 5.73 Å². The number of hydrogen-bond donors (Lipinski definition) is 2. The van der Waals surface area contributed by atoms with E-state index >= 15 is 0 Å². The van der Waals surface area contributed by atoms with E-state index in [0.29, 0.717) is 12.2 Å². The van der Waals surface area contributed by atoms with Gasteiger partial charge in [0.05, 0.1) is 17.7 Å². The fourth-order valence-corrected chi connectivity index (χ4v) is 2.73. The van der Waals surface area contributed by atoms with Crippen molar-refractivity contribution in [1.29, 1.82) is 0 Å². The molecular formula is C17H19N3O. The van der Waals surface area contributed by atoms with E-state index in [1.165, 1.54) is 0 Å². The number of nitrogens with two attached hydrogens (primary N) is 1. The Kier molecular flexibility index (Phi) is 3.62. The molecule has 3 rings (SSSR count). The van der Waals surface area contributed by atoms with Crippen LogP contribution in [0.15, 0.2) is 54.6 Å². The predicted octanol–water partition coefficient (Wildman–Crippen LogP) is 2.98. The van der Waals surface area contributed by atoms with Crippen LogP contribution < -0.4 is 5.73 Å². The van der Waals surface area contributed by atoms with Crippen LogP contribution in [0.4, 0.5) is 5.82 Å². The normalized spacial score (nSPS) is 14.2. The molecule has 1 aromatic heterocycles. The quantitative estimate of drug-likeness (QED) is 0.772. The molecule has 0 aliphatic carbocycles. The molecule has 3 N–H and O–H groups in total. The molecule has 4 nitrogen and oxygen atoms in total. The third kappa shape index (κ3) is 2.62. The molecule has 3 aromatic rings. The van der Waals surface area contributed by atoms with Crippen LogP contribution in [0.3, 0.4) is 0 Å². The standard InChI is InChI=1S/C17H19N3O/c1-12(21)11-16(13-7-3-2-4-8-13)20-15-10-6-5-9-14(15)17(18)19-20/h2-10,12,16,21H,11H2,1H3,(H2,18,19). The second-order valence-corrected chi connectivity index (χ2v) is 5.36. The SMILES string of the molecule is CC(O)CC(c1ccccc1)n1nc(N)c2ccccc21. The van der Waals surface area contributed by atoms with Crippen molar-refractivity contribution in [3.05, 3.63) is 60.2 Å². The number of anilines is 1. The van der Waals surface area contributed by atoms with Crippen molar-refractivity contribution in [3.63, 3.8) is 0 Å². The Morgan fingerprint density at radius 1 is 1.10 bits per heavy atom. The number of fused-ring (bicyclic) bond motifs is 1. The van der Waals surface area contributed by atoms with E-state index in [-0.39, 0.29) is 6.04 Å². The number of nitrogen functional groups attached to an aromatic ring is 1. The molecule has 108 valence electrons. The largest absolute Gasteiger partial charge is 0.393 e. The maximum Gasteiger partial charge on any atom is 0.153 e. The topological polar surface area (TPSA) is 64.1 Å². The Bertz CT molecular complexity index is 734. The average molecular weight is 281 g/mol. The van der Waals surface area contributed by atoms with Gasteiger partial charge in [-0.25, -0.2) is 0 Å². The van der Waals surface area contributed by atoms with Gasteiger partial charge in [-0.2, -0.15) is 5.10 Å². The van der Waals surface area contributed by atoms with Crippen molar-refractivity contribution in [1.82, 2.24) is 9.78 Å². The zero-order chi connectivity index (χ0) is 14.8. The van der Waals surface area contributed by atoms with Crippen LogP contribution in [0.5, 0.6) is 0 Å². The monoisotopic (exact) mass is 281 g/mol. The van der Waals surface area contributed by atoms with Crippen LogP contribution >= 0.6 is 0 Å². The molecule has 0 amide bonds. The molecule has 2 aromatic carbocycles. The Morgan fingerprint density at radius 2 is 1.76 bits per heavy atom. The Balaban J connectivity index is 2.15. The molecule has 0 aliphatic rings. The first-order valence-electron chi connectivity index (χ1n) is 7.12. The maximum atomic E-state index is 9.85. The van der Waals surface area contributed by atoms with Gasteiger partial charge in [-0.05, 0) is 31.0 Å². The molecule has 4 heteroatoms. The average Bonchev–Trinajstić information content (AvgIpc) is 2.83. The van der Waals surface area contributed by atoms with Crippen molar-refractivity contribution in [2.24, 2.45) is 0 Å². The van der Waals surface area contributed by atoms with Gasteiger partial charge in [0, 0.05) is 5.39 Å². The summed E-state index contributed by atoms with van der Waals surface area (Å²) >= 11 is 0. The van der Waals surface area contributed by atoms with Gasteiger partial charge in [-0.3, -0.25) is 4.68 Å². The number of rotatable bonds is 4. The molecule has 1 heterocycles. The minimum absolute atomic E-state index is 0.0339. The van der Waals surface area contributed by atoms with E-state index in [0.717, 1.165) is 16.5 Å². The lowest BCUT2D eigenvalue weighted by molar-refractivity contribution is 0.167. The maximum absolute atomic E-state index is 9.85.